The fourth-order valence-electron chi connectivity index (χ4n) is 3.41. The Bertz CT molecular complexity index is 1070. The highest BCUT2D eigenvalue weighted by atomic mass is 32.2. The first-order chi connectivity index (χ1) is 12.4. The SMILES string of the molecule is Cc1ccccc1-c1nc(-c2ccc3c(c2)CCCN3S(C)(=O)=O)cs1. The molecule has 0 radical (unpaired) electrons. The van der Waals surface area contributed by atoms with E-state index in [1.54, 1.807) is 11.3 Å². The van der Waals surface area contributed by atoms with Crippen molar-refractivity contribution in [3.63, 3.8) is 0 Å². The number of sulfonamides is 1. The first-order valence-electron chi connectivity index (χ1n) is 8.56. The van der Waals surface area contributed by atoms with E-state index in [0.29, 0.717) is 6.54 Å². The average molecular weight is 385 g/mol. The highest BCUT2D eigenvalue weighted by Crippen LogP contribution is 2.35. The van der Waals surface area contributed by atoms with Crippen molar-refractivity contribution in [3.05, 3.63) is 59.0 Å². The summed E-state index contributed by atoms with van der Waals surface area (Å²) < 4.78 is 25.5. The lowest BCUT2D eigenvalue weighted by atomic mass is 10.00. The fraction of sp³-hybridized carbons (Fsp3) is 0.250. The Morgan fingerprint density at radius 3 is 2.73 bits per heavy atom. The normalized spacial score (nSPS) is 14.3. The third kappa shape index (κ3) is 3.15. The van der Waals surface area contributed by atoms with Gasteiger partial charge in [0.25, 0.3) is 0 Å². The van der Waals surface area contributed by atoms with Gasteiger partial charge in [-0.1, -0.05) is 30.3 Å². The zero-order chi connectivity index (χ0) is 18.3. The van der Waals surface area contributed by atoms with Gasteiger partial charge in [0, 0.05) is 23.1 Å². The van der Waals surface area contributed by atoms with Crippen LogP contribution < -0.4 is 4.31 Å². The predicted octanol–water partition coefficient (Wildman–Crippen LogP) is 4.50. The standard InChI is InChI=1S/C20H20N2O2S2/c1-14-6-3-4-8-17(14)20-21-18(13-25-20)15-9-10-19-16(12-15)7-5-11-22(19)26(2,23)24/h3-4,6,8-10,12-13H,5,7,11H2,1-2H3. The van der Waals surface area contributed by atoms with Crippen molar-refractivity contribution in [2.24, 2.45) is 0 Å². The second-order valence-corrected chi connectivity index (χ2v) is 9.40. The molecule has 3 aromatic rings. The first-order valence-corrected chi connectivity index (χ1v) is 11.3. The molecular formula is C20H20N2O2S2. The second kappa shape index (κ2) is 6.52. The molecule has 4 rings (SSSR count). The summed E-state index contributed by atoms with van der Waals surface area (Å²) in [4.78, 5) is 4.81. The Morgan fingerprint density at radius 2 is 1.96 bits per heavy atom. The summed E-state index contributed by atoms with van der Waals surface area (Å²) in [6, 6.07) is 14.2. The lowest BCUT2D eigenvalue weighted by molar-refractivity contribution is 0.592. The molecule has 2 aromatic carbocycles. The van der Waals surface area contributed by atoms with E-state index in [4.69, 9.17) is 4.98 Å². The molecule has 0 bridgehead atoms. The van der Waals surface area contributed by atoms with Crippen LogP contribution in [-0.4, -0.2) is 26.2 Å². The molecule has 0 aliphatic carbocycles. The van der Waals surface area contributed by atoms with Gasteiger partial charge in [-0.05, 0) is 43.0 Å². The fourth-order valence-corrected chi connectivity index (χ4v) is 5.32. The Morgan fingerprint density at radius 1 is 1.15 bits per heavy atom. The summed E-state index contributed by atoms with van der Waals surface area (Å²) in [5, 5.41) is 3.08. The van der Waals surface area contributed by atoms with E-state index in [0.717, 1.165) is 45.9 Å². The van der Waals surface area contributed by atoms with Crippen molar-refractivity contribution in [1.29, 1.82) is 0 Å². The molecule has 1 aromatic heterocycles. The molecule has 4 nitrogen and oxygen atoms in total. The van der Waals surface area contributed by atoms with Crippen LogP contribution in [-0.2, 0) is 16.4 Å². The van der Waals surface area contributed by atoms with Gasteiger partial charge < -0.3 is 0 Å². The number of hydrogen-bond acceptors (Lipinski definition) is 4. The summed E-state index contributed by atoms with van der Waals surface area (Å²) >= 11 is 1.64. The lowest BCUT2D eigenvalue weighted by Crippen LogP contribution is -2.34. The van der Waals surface area contributed by atoms with E-state index >= 15 is 0 Å². The van der Waals surface area contributed by atoms with Gasteiger partial charge >= 0.3 is 0 Å². The van der Waals surface area contributed by atoms with Crippen LogP contribution in [0.2, 0.25) is 0 Å². The van der Waals surface area contributed by atoms with Crippen LogP contribution in [0.4, 0.5) is 5.69 Å². The summed E-state index contributed by atoms with van der Waals surface area (Å²) in [5.41, 5.74) is 6.22. The van der Waals surface area contributed by atoms with Crippen LogP contribution in [0.25, 0.3) is 21.8 Å². The van der Waals surface area contributed by atoms with Crippen molar-refractivity contribution in [2.75, 3.05) is 17.1 Å². The molecule has 2 heterocycles. The number of fused-ring (bicyclic) bond motifs is 1. The second-order valence-electron chi connectivity index (χ2n) is 6.63. The average Bonchev–Trinajstić information content (AvgIpc) is 3.10. The molecule has 0 amide bonds. The van der Waals surface area contributed by atoms with Crippen LogP contribution in [0.5, 0.6) is 0 Å². The molecule has 0 saturated heterocycles. The molecule has 1 aliphatic heterocycles. The Labute approximate surface area is 158 Å². The zero-order valence-corrected chi connectivity index (χ0v) is 16.4. The molecule has 0 fully saturated rings. The third-order valence-corrected chi connectivity index (χ3v) is 6.79. The maximum absolute atomic E-state index is 12.0. The van der Waals surface area contributed by atoms with Crippen molar-refractivity contribution in [1.82, 2.24) is 4.98 Å². The van der Waals surface area contributed by atoms with Crippen molar-refractivity contribution in [3.8, 4) is 21.8 Å². The Hall–Kier alpha value is -2.18. The van der Waals surface area contributed by atoms with Crippen LogP contribution >= 0.6 is 11.3 Å². The minimum Gasteiger partial charge on any atom is -0.270 e. The summed E-state index contributed by atoms with van der Waals surface area (Å²) in [6.07, 6.45) is 3.00. The molecule has 0 saturated carbocycles. The number of thiazole rings is 1. The van der Waals surface area contributed by atoms with Crippen molar-refractivity contribution < 1.29 is 8.42 Å². The van der Waals surface area contributed by atoms with Gasteiger partial charge in [0.05, 0.1) is 17.6 Å². The van der Waals surface area contributed by atoms with E-state index in [9.17, 15) is 8.42 Å². The number of nitrogens with zero attached hydrogens (tertiary/aromatic N) is 2. The van der Waals surface area contributed by atoms with Gasteiger partial charge in [-0.3, -0.25) is 4.31 Å². The van der Waals surface area contributed by atoms with Gasteiger partial charge in [0.2, 0.25) is 10.0 Å². The highest BCUT2D eigenvalue weighted by molar-refractivity contribution is 7.92. The van der Waals surface area contributed by atoms with Crippen molar-refractivity contribution in [2.45, 2.75) is 19.8 Å². The largest absolute Gasteiger partial charge is 0.270 e. The number of benzene rings is 2. The highest BCUT2D eigenvalue weighted by Gasteiger charge is 2.24. The molecule has 0 spiro atoms. The number of aryl methyl sites for hydroxylation is 2. The monoisotopic (exact) mass is 384 g/mol. The van der Waals surface area contributed by atoms with Crippen molar-refractivity contribution >= 4 is 27.0 Å². The predicted molar refractivity (Wildman–Crippen MR) is 108 cm³/mol. The Balaban J connectivity index is 1.71. The lowest BCUT2D eigenvalue weighted by Gasteiger charge is -2.29. The van der Waals surface area contributed by atoms with Gasteiger partial charge in [-0.25, -0.2) is 13.4 Å². The maximum Gasteiger partial charge on any atom is 0.232 e. The molecule has 6 heteroatoms. The number of rotatable bonds is 3. The van der Waals surface area contributed by atoms with Crippen LogP contribution in [0.3, 0.4) is 0 Å². The van der Waals surface area contributed by atoms with Crippen LogP contribution in [0.1, 0.15) is 17.5 Å². The molecule has 0 N–H and O–H groups in total. The smallest absolute Gasteiger partial charge is 0.232 e. The molecular weight excluding hydrogens is 364 g/mol. The number of aromatic nitrogens is 1. The van der Waals surface area contributed by atoms with E-state index in [1.165, 1.54) is 16.1 Å². The molecule has 1 aliphatic rings. The zero-order valence-electron chi connectivity index (χ0n) is 14.8. The molecule has 134 valence electrons. The summed E-state index contributed by atoms with van der Waals surface area (Å²) in [6.45, 7) is 2.65. The third-order valence-electron chi connectivity index (χ3n) is 4.73. The van der Waals surface area contributed by atoms with E-state index in [-0.39, 0.29) is 0 Å². The van der Waals surface area contributed by atoms with Gasteiger partial charge in [-0.2, -0.15) is 0 Å². The van der Waals surface area contributed by atoms with Crippen LogP contribution in [0, 0.1) is 6.92 Å². The summed E-state index contributed by atoms with van der Waals surface area (Å²) in [7, 11) is -3.23. The van der Waals surface area contributed by atoms with E-state index in [1.807, 2.05) is 24.3 Å². The Kier molecular flexibility index (Phi) is 4.32. The number of hydrogen-bond donors (Lipinski definition) is 0. The van der Waals surface area contributed by atoms with Gasteiger partial charge in [0.1, 0.15) is 5.01 Å². The molecule has 0 unspecified atom stereocenters. The van der Waals surface area contributed by atoms with E-state index in [2.05, 4.69) is 30.5 Å². The molecule has 26 heavy (non-hydrogen) atoms. The maximum atomic E-state index is 12.0. The van der Waals surface area contributed by atoms with Crippen LogP contribution in [0.15, 0.2) is 47.8 Å². The minimum absolute atomic E-state index is 0.555. The number of anilines is 1. The first kappa shape index (κ1) is 17.2. The van der Waals surface area contributed by atoms with Gasteiger partial charge in [0.15, 0.2) is 0 Å². The minimum atomic E-state index is -3.23. The quantitative estimate of drug-likeness (QED) is 0.668. The van der Waals surface area contributed by atoms with E-state index < -0.39 is 10.0 Å². The topological polar surface area (TPSA) is 50.3 Å². The van der Waals surface area contributed by atoms with Gasteiger partial charge in [-0.15, -0.1) is 11.3 Å². The summed E-state index contributed by atoms with van der Waals surface area (Å²) in [5.74, 6) is 0. The molecule has 0 atom stereocenters.